The summed E-state index contributed by atoms with van der Waals surface area (Å²) in [5.74, 6) is 0.958. The minimum absolute atomic E-state index is 0.0500. The van der Waals surface area contributed by atoms with Gasteiger partial charge in [-0.1, -0.05) is 112 Å². The van der Waals surface area contributed by atoms with Gasteiger partial charge in [0.15, 0.2) is 6.79 Å². The molecule has 0 N–H and O–H groups in total. The van der Waals surface area contributed by atoms with Crippen molar-refractivity contribution in [2.75, 3.05) is 13.9 Å². The van der Waals surface area contributed by atoms with Crippen LogP contribution in [-0.2, 0) is 16.6 Å². The van der Waals surface area contributed by atoms with Crippen molar-refractivity contribution in [3.8, 4) is 16.9 Å². The van der Waals surface area contributed by atoms with Crippen molar-refractivity contribution in [3.63, 3.8) is 0 Å². The summed E-state index contributed by atoms with van der Waals surface area (Å²) in [6.45, 7) is 6.96. The summed E-state index contributed by atoms with van der Waals surface area (Å²) in [7, 11) is 0.849. The van der Waals surface area contributed by atoms with Crippen LogP contribution in [0, 0.1) is 0 Å². The Hall–Kier alpha value is -2.93. The quantitative estimate of drug-likeness (QED) is 0.216. The second kappa shape index (κ2) is 9.37. The lowest BCUT2D eigenvalue weighted by molar-refractivity contribution is 0.0506. The van der Waals surface area contributed by atoms with Crippen molar-refractivity contribution in [2.24, 2.45) is 0 Å². The fourth-order valence-corrected chi connectivity index (χ4v) is 7.51. The number of para-hydroxylation sites is 1. The van der Waals surface area contributed by atoms with Gasteiger partial charge in [0.05, 0.1) is 0 Å². The monoisotopic (exact) mass is 466 g/mol. The van der Waals surface area contributed by atoms with E-state index in [4.69, 9.17) is 9.47 Å². The molecule has 0 bridgehead atoms. The van der Waals surface area contributed by atoms with Gasteiger partial charge in [-0.2, -0.15) is 0 Å². The van der Waals surface area contributed by atoms with Gasteiger partial charge in [-0.25, -0.2) is 0 Å². The van der Waals surface area contributed by atoms with Gasteiger partial charge in [0.25, 0.3) is 0 Å². The SMILES string of the molecule is COCOc1c(P(c2ccccc2)c2cccc3c2Cc2ccccc2-3)cccc1C(C)(C)C. The Balaban J connectivity index is 1.76. The highest BCUT2D eigenvalue weighted by Gasteiger charge is 2.30. The second-order valence-electron chi connectivity index (χ2n) is 9.76. The standard InChI is InChI=1S/C31H31O2P/c1-31(2,3)27-17-11-19-29(30(27)33-21-32-4)34(23-13-6-5-7-14-23)28-18-10-16-25-24-15-9-8-12-22(24)20-26(25)28/h5-19H,20-21H2,1-4H3. The molecule has 0 heterocycles. The molecule has 4 aromatic rings. The molecule has 3 heteroatoms. The maximum atomic E-state index is 6.34. The van der Waals surface area contributed by atoms with Crippen molar-refractivity contribution in [2.45, 2.75) is 32.6 Å². The lowest BCUT2D eigenvalue weighted by Crippen LogP contribution is -2.27. The van der Waals surface area contributed by atoms with Crippen LogP contribution in [-0.4, -0.2) is 13.9 Å². The van der Waals surface area contributed by atoms with Crippen molar-refractivity contribution >= 4 is 23.8 Å². The predicted octanol–water partition coefficient (Wildman–Crippen LogP) is 6.30. The zero-order valence-electron chi connectivity index (χ0n) is 20.3. The van der Waals surface area contributed by atoms with Crippen molar-refractivity contribution in [3.05, 3.63) is 108 Å². The molecule has 0 radical (unpaired) electrons. The maximum Gasteiger partial charge on any atom is 0.188 e. The molecular formula is C31H31O2P. The number of ether oxygens (including phenoxy) is 2. The molecule has 2 nitrogen and oxygen atoms in total. The third-order valence-electron chi connectivity index (χ3n) is 6.45. The number of hydrogen-bond acceptors (Lipinski definition) is 2. The van der Waals surface area contributed by atoms with E-state index in [1.54, 1.807) is 7.11 Å². The van der Waals surface area contributed by atoms with E-state index < -0.39 is 7.92 Å². The topological polar surface area (TPSA) is 18.5 Å². The highest BCUT2D eigenvalue weighted by Crippen LogP contribution is 2.45. The van der Waals surface area contributed by atoms with E-state index in [0.717, 1.165) is 12.2 Å². The van der Waals surface area contributed by atoms with Crippen LogP contribution in [0.2, 0.25) is 0 Å². The van der Waals surface area contributed by atoms with Gasteiger partial charge in [0.2, 0.25) is 0 Å². The number of rotatable bonds is 6. The van der Waals surface area contributed by atoms with Crippen molar-refractivity contribution in [1.82, 2.24) is 0 Å². The molecule has 0 aromatic heterocycles. The summed E-state index contributed by atoms with van der Waals surface area (Å²) in [5, 5.41) is 3.98. The average Bonchev–Trinajstić information content (AvgIpc) is 3.23. The van der Waals surface area contributed by atoms with E-state index in [1.165, 1.54) is 43.7 Å². The maximum absolute atomic E-state index is 6.34. The normalized spacial score (nSPS) is 13.3. The summed E-state index contributed by atoms with van der Waals surface area (Å²) in [6.07, 6.45) is 0.973. The Labute approximate surface area is 204 Å². The van der Waals surface area contributed by atoms with Gasteiger partial charge in [-0.05, 0) is 52.6 Å². The molecule has 172 valence electrons. The Kier molecular flexibility index (Phi) is 6.30. The summed E-state index contributed by atoms with van der Waals surface area (Å²) in [4.78, 5) is 0. The zero-order chi connectivity index (χ0) is 23.7. The van der Waals surface area contributed by atoms with Crippen LogP contribution < -0.4 is 20.7 Å². The van der Waals surface area contributed by atoms with Crippen LogP contribution in [0.5, 0.6) is 5.75 Å². The first-order valence-corrected chi connectivity index (χ1v) is 13.1. The molecule has 0 saturated carbocycles. The zero-order valence-corrected chi connectivity index (χ0v) is 21.2. The van der Waals surface area contributed by atoms with E-state index in [-0.39, 0.29) is 12.2 Å². The number of benzene rings is 4. The highest BCUT2D eigenvalue weighted by molar-refractivity contribution is 7.80. The van der Waals surface area contributed by atoms with Gasteiger partial charge in [0, 0.05) is 18.0 Å². The van der Waals surface area contributed by atoms with Crippen LogP contribution in [0.25, 0.3) is 11.1 Å². The van der Waals surface area contributed by atoms with Crippen molar-refractivity contribution < 1.29 is 9.47 Å². The molecule has 0 amide bonds. The Morgan fingerprint density at radius 3 is 2.18 bits per heavy atom. The van der Waals surface area contributed by atoms with Gasteiger partial charge in [-0.3, -0.25) is 0 Å². The first kappa shape index (κ1) is 22.8. The van der Waals surface area contributed by atoms with E-state index in [9.17, 15) is 0 Å². The summed E-state index contributed by atoms with van der Waals surface area (Å²) >= 11 is 0. The van der Waals surface area contributed by atoms with E-state index in [0.29, 0.717) is 0 Å². The third kappa shape index (κ3) is 4.17. The molecule has 4 aromatic carbocycles. The fraction of sp³-hybridized carbons (Fsp3) is 0.226. The van der Waals surface area contributed by atoms with Crippen molar-refractivity contribution in [1.29, 1.82) is 0 Å². The van der Waals surface area contributed by atoms with E-state index in [1.807, 2.05) is 0 Å². The second-order valence-corrected chi connectivity index (χ2v) is 11.9. The number of hydrogen-bond donors (Lipinski definition) is 0. The van der Waals surface area contributed by atoms with Gasteiger partial charge < -0.3 is 9.47 Å². The summed E-state index contributed by atoms with van der Waals surface area (Å²) in [6, 6.07) is 33.2. The van der Waals surface area contributed by atoms with Crippen LogP contribution >= 0.6 is 7.92 Å². The smallest absolute Gasteiger partial charge is 0.188 e. The lowest BCUT2D eigenvalue weighted by Gasteiger charge is -2.29. The molecular weight excluding hydrogens is 435 g/mol. The Bertz CT molecular complexity index is 1300. The first-order valence-electron chi connectivity index (χ1n) is 11.8. The van der Waals surface area contributed by atoms with Crippen LogP contribution in [0.4, 0.5) is 0 Å². The minimum Gasteiger partial charge on any atom is -0.467 e. The molecule has 0 fully saturated rings. The van der Waals surface area contributed by atoms with Crippen LogP contribution in [0.3, 0.4) is 0 Å². The average molecular weight is 467 g/mol. The summed E-state index contributed by atoms with van der Waals surface area (Å²) < 4.78 is 11.7. The highest BCUT2D eigenvalue weighted by atomic mass is 31.1. The Morgan fingerprint density at radius 1 is 0.735 bits per heavy atom. The molecule has 0 saturated heterocycles. The van der Waals surface area contributed by atoms with Gasteiger partial charge in [-0.15, -0.1) is 0 Å². The number of fused-ring (bicyclic) bond motifs is 3. The minimum atomic E-state index is -0.833. The summed E-state index contributed by atoms with van der Waals surface area (Å²) in [5.41, 5.74) is 6.74. The predicted molar refractivity (Wildman–Crippen MR) is 145 cm³/mol. The van der Waals surface area contributed by atoms with Gasteiger partial charge in [0.1, 0.15) is 5.75 Å². The fourth-order valence-electron chi connectivity index (χ4n) is 4.90. The largest absolute Gasteiger partial charge is 0.467 e. The molecule has 0 aliphatic heterocycles. The molecule has 1 atom stereocenters. The molecule has 1 unspecified atom stereocenters. The molecule has 1 aliphatic carbocycles. The molecule has 1 aliphatic rings. The molecule has 0 spiro atoms. The van der Waals surface area contributed by atoms with Crippen LogP contribution in [0.1, 0.15) is 37.5 Å². The first-order chi connectivity index (χ1) is 16.5. The lowest BCUT2D eigenvalue weighted by atomic mass is 9.86. The van der Waals surface area contributed by atoms with Crippen LogP contribution in [0.15, 0.2) is 91.0 Å². The van der Waals surface area contributed by atoms with E-state index >= 15 is 0 Å². The third-order valence-corrected chi connectivity index (χ3v) is 8.99. The van der Waals surface area contributed by atoms with E-state index in [2.05, 4.69) is 112 Å². The number of methoxy groups -OCH3 is 1. The Morgan fingerprint density at radius 2 is 1.41 bits per heavy atom. The molecule has 34 heavy (non-hydrogen) atoms. The van der Waals surface area contributed by atoms with Gasteiger partial charge >= 0.3 is 0 Å². The molecule has 5 rings (SSSR count).